The molecule has 160 valence electrons. The first-order valence-corrected chi connectivity index (χ1v) is 11.2. The van der Waals surface area contributed by atoms with E-state index in [9.17, 15) is 14.4 Å². The molecule has 9 nitrogen and oxygen atoms in total. The Morgan fingerprint density at radius 1 is 1.29 bits per heavy atom. The van der Waals surface area contributed by atoms with E-state index in [1.807, 2.05) is 24.3 Å². The predicted octanol–water partition coefficient (Wildman–Crippen LogP) is 3.03. The molecule has 0 bridgehead atoms. The van der Waals surface area contributed by atoms with Crippen LogP contribution in [-0.4, -0.2) is 34.1 Å². The summed E-state index contributed by atoms with van der Waals surface area (Å²) in [4.78, 5) is 45.8. The van der Waals surface area contributed by atoms with Gasteiger partial charge in [-0.15, -0.1) is 0 Å². The van der Waals surface area contributed by atoms with Crippen LogP contribution < -0.4 is 21.5 Å². The lowest BCUT2D eigenvalue weighted by atomic mass is 10.0. The zero-order valence-corrected chi connectivity index (χ0v) is 18.6. The van der Waals surface area contributed by atoms with Gasteiger partial charge < -0.3 is 20.4 Å². The Balaban J connectivity index is 1.44. The Morgan fingerprint density at radius 3 is 2.84 bits per heavy atom. The molecule has 11 heteroatoms. The number of aromatic amines is 1. The highest BCUT2D eigenvalue weighted by molar-refractivity contribution is 9.10. The van der Waals surface area contributed by atoms with Crippen LogP contribution in [0.15, 0.2) is 55.4 Å². The molecule has 0 saturated carbocycles. The van der Waals surface area contributed by atoms with Gasteiger partial charge in [0.2, 0.25) is 5.91 Å². The summed E-state index contributed by atoms with van der Waals surface area (Å²) in [6.07, 6.45) is 1.84. The van der Waals surface area contributed by atoms with Crippen LogP contribution in [-0.2, 0) is 11.2 Å². The number of para-hydroxylation sites is 1. The lowest BCUT2D eigenvalue weighted by molar-refractivity contribution is -0.116. The van der Waals surface area contributed by atoms with Gasteiger partial charge in [-0.2, -0.15) is 0 Å². The van der Waals surface area contributed by atoms with E-state index in [2.05, 4.69) is 31.2 Å². The average molecular weight is 504 g/mol. The highest BCUT2D eigenvalue weighted by Gasteiger charge is 2.23. The third-order valence-corrected chi connectivity index (χ3v) is 5.99. The van der Waals surface area contributed by atoms with Gasteiger partial charge in [-0.3, -0.25) is 19.4 Å². The van der Waals surface area contributed by atoms with E-state index in [0.717, 1.165) is 35.9 Å². The fraction of sp³-hybridized carbons (Fsp3) is 0.200. The number of anilines is 3. The summed E-state index contributed by atoms with van der Waals surface area (Å²) < 4.78 is 5.53. The lowest BCUT2D eigenvalue weighted by Gasteiger charge is -2.29. The van der Waals surface area contributed by atoms with Crippen molar-refractivity contribution in [1.82, 2.24) is 9.97 Å². The Labute approximate surface area is 189 Å². The van der Waals surface area contributed by atoms with Crippen molar-refractivity contribution >= 4 is 56.7 Å². The van der Waals surface area contributed by atoms with Crippen LogP contribution in [0.2, 0.25) is 0 Å². The molecule has 3 aromatic rings. The van der Waals surface area contributed by atoms with Crippen LogP contribution in [0.3, 0.4) is 0 Å². The van der Waals surface area contributed by atoms with Crippen LogP contribution in [0, 0.1) is 0 Å². The van der Waals surface area contributed by atoms with E-state index in [0.29, 0.717) is 11.2 Å². The fourth-order valence-electron chi connectivity index (χ4n) is 3.27. The van der Waals surface area contributed by atoms with E-state index >= 15 is 0 Å². The minimum Gasteiger partial charge on any atom is -0.444 e. The molecular weight excluding hydrogens is 486 g/mol. The second-order valence-electron chi connectivity index (χ2n) is 6.76. The molecule has 3 heterocycles. The average Bonchev–Trinajstić information content (AvgIpc) is 3.20. The van der Waals surface area contributed by atoms with Crippen molar-refractivity contribution < 1.29 is 14.0 Å². The van der Waals surface area contributed by atoms with Gasteiger partial charge in [0.1, 0.15) is 0 Å². The topological polar surface area (TPSA) is 134 Å². The van der Waals surface area contributed by atoms with Gasteiger partial charge in [-0.05, 0) is 52.5 Å². The molecule has 31 heavy (non-hydrogen) atoms. The molecule has 0 aliphatic carbocycles. The van der Waals surface area contributed by atoms with Crippen molar-refractivity contribution in [3.05, 3.63) is 62.7 Å². The number of fused-ring (bicyclic) bond motifs is 1. The van der Waals surface area contributed by atoms with Gasteiger partial charge in [-0.1, -0.05) is 30.0 Å². The van der Waals surface area contributed by atoms with E-state index in [-0.39, 0.29) is 34.1 Å². The third kappa shape index (κ3) is 4.67. The number of hydrogen-bond acceptors (Lipinski definition) is 7. The van der Waals surface area contributed by atoms with Gasteiger partial charge in [0, 0.05) is 12.2 Å². The Kier molecular flexibility index (Phi) is 6.14. The molecule has 0 atom stereocenters. The number of furan rings is 1. The number of nitrogens with zero attached hydrogens (tertiary/aromatic N) is 2. The maximum absolute atomic E-state index is 12.8. The zero-order valence-electron chi connectivity index (χ0n) is 16.2. The van der Waals surface area contributed by atoms with Gasteiger partial charge in [0.05, 0.1) is 5.75 Å². The summed E-state index contributed by atoms with van der Waals surface area (Å²) in [5, 5.41) is 2.59. The number of rotatable bonds is 5. The van der Waals surface area contributed by atoms with Crippen LogP contribution in [0.25, 0.3) is 0 Å². The number of aryl methyl sites for hydroxylation is 1. The number of amides is 2. The number of nitrogen functional groups attached to an aromatic ring is 1. The molecule has 0 spiro atoms. The SMILES string of the molecule is Nc1nc(SCC(=O)N2CCCc3ccccc32)[nH]c(=O)c1NC(=O)c1ccc(Br)o1. The number of hydrogen-bond donors (Lipinski definition) is 3. The zero-order chi connectivity index (χ0) is 22.0. The number of H-pyrrole nitrogens is 1. The number of benzene rings is 1. The number of thioether (sulfide) groups is 1. The maximum Gasteiger partial charge on any atom is 0.291 e. The third-order valence-electron chi connectivity index (χ3n) is 4.70. The first-order valence-electron chi connectivity index (χ1n) is 9.40. The minimum absolute atomic E-state index is 0.0107. The fourth-order valence-corrected chi connectivity index (χ4v) is 4.32. The van der Waals surface area contributed by atoms with E-state index in [4.69, 9.17) is 10.2 Å². The second kappa shape index (κ2) is 8.98. The molecule has 4 N–H and O–H groups in total. The molecule has 1 aromatic carbocycles. The number of carbonyl (C=O) groups excluding carboxylic acids is 2. The van der Waals surface area contributed by atoms with E-state index in [1.165, 1.54) is 6.07 Å². The molecule has 1 aliphatic rings. The van der Waals surface area contributed by atoms with Crippen molar-refractivity contribution in [2.75, 3.05) is 28.2 Å². The number of nitrogens with two attached hydrogens (primary N) is 1. The van der Waals surface area contributed by atoms with Gasteiger partial charge in [0.15, 0.2) is 27.1 Å². The van der Waals surface area contributed by atoms with E-state index in [1.54, 1.807) is 11.0 Å². The van der Waals surface area contributed by atoms with Gasteiger partial charge in [0.25, 0.3) is 11.5 Å². The van der Waals surface area contributed by atoms with Crippen LogP contribution in [0.5, 0.6) is 0 Å². The summed E-state index contributed by atoms with van der Waals surface area (Å²) >= 11 is 4.18. The molecule has 1 aliphatic heterocycles. The highest BCUT2D eigenvalue weighted by Crippen LogP contribution is 2.28. The van der Waals surface area contributed by atoms with Crippen LogP contribution in [0.1, 0.15) is 22.5 Å². The van der Waals surface area contributed by atoms with Crippen LogP contribution >= 0.6 is 27.7 Å². The smallest absolute Gasteiger partial charge is 0.291 e. The number of halogens is 1. The molecule has 0 radical (unpaired) electrons. The summed E-state index contributed by atoms with van der Waals surface area (Å²) in [5.41, 5.74) is 7.13. The van der Waals surface area contributed by atoms with Crippen molar-refractivity contribution in [3.8, 4) is 0 Å². The molecule has 2 amide bonds. The minimum atomic E-state index is -0.635. The molecule has 0 fully saturated rings. The van der Waals surface area contributed by atoms with E-state index < -0.39 is 11.5 Å². The molecule has 2 aromatic heterocycles. The number of nitrogens with one attached hydrogen (secondary N) is 2. The second-order valence-corrected chi connectivity index (χ2v) is 8.50. The molecule has 0 saturated heterocycles. The van der Waals surface area contributed by atoms with Gasteiger partial charge in [-0.25, -0.2) is 4.98 Å². The first-order chi connectivity index (χ1) is 14.9. The highest BCUT2D eigenvalue weighted by atomic mass is 79.9. The molecular formula is C20H18BrN5O4S. The van der Waals surface area contributed by atoms with Crippen molar-refractivity contribution in [3.63, 3.8) is 0 Å². The van der Waals surface area contributed by atoms with Crippen LogP contribution in [0.4, 0.5) is 17.2 Å². The van der Waals surface area contributed by atoms with Crippen molar-refractivity contribution in [2.45, 2.75) is 18.0 Å². The molecule has 4 rings (SSSR count). The standard InChI is InChI=1S/C20H18BrN5O4S/c21-14-8-7-13(30-14)18(28)23-16-17(22)24-20(25-19(16)29)31-10-15(27)26-9-3-5-11-4-1-2-6-12(11)26/h1-2,4,6-8H,3,5,9-10H2,(H,23,28)(H3,22,24,25,29). The normalized spacial score (nSPS) is 13.0. The predicted molar refractivity (Wildman–Crippen MR) is 121 cm³/mol. The largest absolute Gasteiger partial charge is 0.444 e. The molecule has 0 unspecified atom stereocenters. The maximum atomic E-state index is 12.8. The number of carbonyl (C=O) groups is 2. The summed E-state index contributed by atoms with van der Waals surface area (Å²) in [7, 11) is 0. The lowest BCUT2D eigenvalue weighted by Crippen LogP contribution is -2.36. The summed E-state index contributed by atoms with van der Waals surface area (Å²) in [6, 6.07) is 10.8. The number of aromatic nitrogens is 2. The van der Waals surface area contributed by atoms with Crippen molar-refractivity contribution in [1.29, 1.82) is 0 Å². The quantitative estimate of drug-likeness (QED) is 0.359. The Morgan fingerprint density at radius 2 is 2.10 bits per heavy atom. The van der Waals surface area contributed by atoms with Gasteiger partial charge >= 0.3 is 0 Å². The first kappa shape index (κ1) is 21.2. The summed E-state index contributed by atoms with van der Waals surface area (Å²) in [5.74, 6) is -0.774. The Bertz CT molecular complexity index is 1210. The monoisotopic (exact) mass is 503 g/mol. The summed E-state index contributed by atoms with van der Waals surface area (Å²) in [6.45, 7) is 0.649. The van der Waals surface area contributed by atoms with Crippen molar-refractivity contribution in [2.24, 2.45) is 0 Å². The Hall–Kier alpha value is -3.05.